The van der Waals surface area contributed by atoms with Gasteiger partial charge in [0.2, 0.25) is 0 Å². The van der Waals surface area contributed by atoms with Crippen molar-refractivity contribution in [2.24, 2.45) is 0 Å². The largest absolute Gasteiger partial charge is 4.00 e. The van der Waals surface area contributed by atoms with Gasteiger partial charge in [0.1, 0.15) is 0 Å². The number of hydrogen-bond acceptors (Lipinski definition) is 0. The van der Waals surface area contributed by atoms with Gasteiger partial charge in [-0.25, -0.2) is 24.3 Å². The SMILES string of the molecule is CC(C)(C)[c-]1cccc1.CC(C)(C)[c-]1cccc1.C[SiH]C(C)C.[Cl-].[Cl-].[Zr+4]. The van der Waals surface area contributed by atoms with Crippen molar-refractivity contribution >= 4 is 9.52 Å². The maximum atomic E-state index is 2.28. The zero-order valence-corrected chi connectivity index (χ0v) is 23.2. The van der Waals surface area contributed by atoms with Gasteiger partial charge >= 0.3 is 26.2 Å². The summed E-state index contributed by atoms with van der Waals surface area (Å²) in [7, 11) is 0.731. The van der Waals surface area contributed by atoms with Crippen molar-refractivity contribution in [3.05, 3.63) is 59.7 Å². The molecule has 0 aliphatic rings. The minimum absolute atomic E-state index is 0. The fraction of sp³-hybridized carbons (Fsp3) is 0.545. The van der Waals surface area contributed by atoms with Crippen molar-refractivity contribution in [2.75, 3.05) is 0 Å². The Labute approximate surface area is 197 Å². The molecule has 0 atom stereocenters. The van der Waals surface area contributed by atoms with Crippen LogP contribution in [0.5, 0.6) is 0 Å². The van der Waals surface area contributed by atoms with Crippen LogP contribution in [0, 0.1) is 0 Å². The van der Waals surface area contributed by atoms with E-state index < -0.39 is 0 Å². The van der Waals surface area contributed by atoms with Crippen LogP contribution in [0.2, 0.25) is 12.1 Å². The molecule has 0 N–H and O–H groups in total. The van der Waals surface area contributed by atoms with Crippen LogP contribution in [0.25, 0.3) is 0 Å². The molecule has 0 saturated heterocycles. The van der Waals surface area contributed by atoms with E-state index in [9.17, 15) is 0 Å². The van der Waals surface area contributed by atoms with Crippen molar-refractivity contribution in [3.63, 3.8) is 0 Å². The quantitative estimate of drug-likeness (QED) is 0.407. The second-order valence-electron chi connectivity index (χ2n) is 8.42. The molecule has 0 saturated carbocycles. The molecule has 2 aromatic rings. The fourth-order valence-electron chi connectivity index (χ4n) is 1.75. The van der Waals surface area contributed by atoms with E-state index in [1.54, 1.807) is 0 Å². The van der Waals surface area contributed by atoms with Crippen LogP contribution in [0.3, 0.4) is 0 Å². The molecule has 0 aromatic heterocycles. The first kappa shape index (κ1) is 33.9. The Morgan fingerprint density at radius 3 is 0.923 bits per heavy atom. The van der Waals surface area contributed by atoms with Crippen molar-refractivity contribution in [2.45, 2.75) is 78.3 Å². The van der Waals surface area contributed by atoms with Gasteiger partial charge in [-0.3, -0.25) is 0 Å². The first-order valence-corrected chi connectivity index (χ1v) is 10.5. The van der Waals surface area contributed by atoms with Crippen LogP contribution in [0.15, 0.2) is 48.5 Å². The molecule has 1 radical (unpaired) electrons. The minimum atomic E-state index is 0. The van der Waals surface area contributed by atoms with E-state index in [1.807, 2.05) is 0 Å². The molecule has 26 heavy (non-hydrogen) atoms. The fourth-order valence-corrected chi connectivity index (χ4v) is 1.75. The van der Waals surface area contributed by atoms with E-state index in [0.717, 1.165) is 15.1 Å². The molecule has 0 nitrogen and oxygen atoms in total. The molecule has 0 unspecified atom stereocenters. The van der Waals surface area contributed by atoms with E-state index in [1.165, 1.54) is 11.1 Å². The third-order valence-electron chi connectivity index (χ3n) is 3.72. The van der Waals surface area contributed by atoms with Crippen LogP contribution >= 0.6 is 0 Å². The number of halogens is 2. The Morgan fingerprint density at radius 2 is 0.846 bits per heavy atom. The average molecular weight is 492 g/mol. The number of rotatable bonds is 1. The van der Waals surface area contributed by atoms with Crippen molar-refractivity contribution < 1.29 is 51.0 Å². The van der Waals surface area contributed by atoms with Gasteiger partial charge in [-0.2, -0.15) is 35.4 Å². The van der Waals surface area contributed by atoms with Gasteiger partial charge in [0.05, 0.1) is 0 Å². The van der Waals surface area contributed by atoms with Gasteiger partial charge in [0, 0.05) is 9.52 Å². The van der Waals surface area contributed by atoms with Crippen molar-refractivity contribution in [1.82, 2.24) is 0 Å². The Bertz CT molecular complexity index is 445. The van der Waals surface area contributed by atoms with Crippen LogP contribution < -0.4 is 24.8 Å². The summed E-state index contributed by atoms with van der Waals surface area (Å²) in [6.45, 7) is 20.1. The second kappa shape index (κ2) is 16.3. The summed E-state index contributed by atoms with van der Waals surface area (Å²) in [5.41, 5.74) is 4.45. The van der Waals surface area contributed by atoms with E-state index in [2.05, 4.69) is 110 Å². The zero-order chi connectivity index (χ0) is 18.1. The molecule has 4 heteroatoms. The molecule has 0 bridgehead atoms. The smallest absolute Gasteiger partial charge is 1.00 e. The van der Waals surface area contributed by atoms with Crippen LogP contribution in [0.4, 0.5) is 0 Å². The van der Waals surface area contributed by atoms with Crippen LogP contribution in [-0.4, -0.2) is 9.52 Å². The van der Waals surface area contributed by atoms with Gasteiger partial charge < -0.3 is 24.8 Å². The van der Waals surface area contributed by atoms with Gasteiger partial charge in [0.15, 0.2) is 0 Å². The van der Waals surface area contributed by atoms with Crippen molar-refractivity contribution in [3.8, 4) is 0 Å². The van der Waals surface area contributed by atoms with E-state index in [0.29, 0.717) is 10.8 Å². The van der Waals surface area contributed by atoms with Crippen LogP contribution in [0.1, 0.15) is 66.5 Å². The van der Waals surface area contributed by atoms with Gasteiger partial charge in [-0.05, 0) is 0 Å². The zero-order valence-electron chi connectivity index (χ0n) is 18.0. The summed E-state index contributed by atoms with van der Waals surface area (Å²) in [5.74, 6) is 0. The van der Waals surface area contributed by atoms with E-state index >= 15 is 0 Å². The molecule has 147 valence electrons. The topological polar surface area (TPSA) is 0 Å². The predicted octanol–water partition coefficient (Wildman–Crippen LogP) is 0.711. The molecule has 0 amide bonds. The molecule has 0 fully saturated rings. The molecule has 0 heterocycles. The third kappa shape index (κ3) is 16.5. The van der Waals surface area contributed by atoms with Gasteiger partial charge in [0.25, 0.3) is 0 Å². The maximum absolute atomic E-state index is 2.28. The molecule has 0 aliphatic heterocycles. The summed E-state index contributed by atoms with van der Waals surface area (Å²) in [4.78, 5) is 0. The molecule has 0 spiro atoms. The Hall–Kier alpha value is 0.380. The summed E-state index contributed by atoms with van der Waals surface area (Å²) >= 11 is 0. The first-order chi connectivity index (χ1) is 10.5. The Balaban J connectivity index is -0.000000137. The first-order valence-electron chi connectivity index (χ1n) is 8.72. The van der Waals surface area contributed by atoms with Crippen molar-refractivity contribution in [1.29, 1.82) is 0 Å². The maximum Gasteiger partial charge on any atom is 4.00 e. The average Bonchev–Trinajstić information content (AvgIpc) is 3.11. The monoisotopic (exact) mass is 489 g/mol. The van der Waals surface area contributed by atoms with E-state index in [-0.39, 0.29) is 51.0 Å². The third-order valence-corrected chi connectivity index (χ3v) is 5.06. The normalized spacial score (nSPS) is 10.1. The Morgan fingerprint density at radius 1 is 0.654 bits per heavy atom. The molecule has 2 aromatic carbocycles. The molecule has 2 rings (SSSR count). The molecular formula is C22H37Cl2SiZr. The molecular weight excluding hydrogens is 454 g/mol. The van der Waals surface area contributed by atoms with Crippen LogP contribution in [-0.2, 0) is 37.0 Å². The minimum Gasteiger partial charge on any atom is -1.00 e. The summed E-state index contributed by atoms with van der Waals surface area (Å²) in [6.07, 6.45) is 0. The Kier molecular flexibility index (Phi) is 21.3. The predicted molar refractivity (Wildman–Crippen MR) is 110 cm³/mol. The summed E-state index contributed by atoms with van der Waals surface area (Å²) in [6, 6.07) is 17.0. The second-order valence-corrected chi connectivity index (χ2v) is 10.4. The van der Waals surface area contributed by atoms with Gasteiger partial charge in [-0.15, -0.1) is 0 Å². The van der Waals surface area contributed by atoms with Gasteiger partial charge in [-0.1, -0.05) is 78.3 Å². The standard InChI is InChI=1S/2C9H13.C4H11Si.2ClH.Zr/c2*1-9(2,3)8-6-4-5-7-8;1-4(2)5-3;;;/h2*4-7H,1-3H3;4-5H,1-3H3;2*1H;/q2*-1;;;;+4/p-2. The number of hydrogen-bond donors (Lipinski definition) is 0. The van der Waals surface area contributed by atoms with E-state index in [4.69, 9.17) is 0 Å². The summed E-state index contributed by atoms with van der Waals surface area (Å²) < 4.78 is 0. The molecule has 0 aliphatic carbocycles. The summed E-state index contributed by atoms with van der Waals surface area (Å²) in [5, 5.41) is 0.